The van der Waals surface area contributed by atoms with Crippen molar-refractivity contribution in [1.82, 2.24) is 4.72 Å². The Balaban J connectivity index is 2.76. The Morgan fingerprint density at radius 1 is 1.26 bits per heavy atom. The molecule has 7 heteroatoms. The molecule has 0 unspecified atom stereocenters. The van der Waals surface area contributed by atoms with Gasteiger partial charge >= 0.3 is 0 Å². The van der Waals surface area contributed by atoms with Crippen molar-refractivity contribution in [3.63, 3.8) is 0 Å². The molecule has 0 fully saturated rings. The van der Waals surface area contributed by atoms with E-state index in [1.54, 1.807) is 12.1 Å². The lowest BCUT2D eigenvalue weighted by Gasteiger charge is -2.10. The summed E-state index contributed by atoms with van der Waals surface area (Å²) >= 11 is 12.0. The Morgan fingerprint density at radius 2 is 1.95 bits per heavy atom. The molecule has 0 radical (unpaired) electrons. The molecule has 0 aliphatic carbocycles. The highest BCUT2D eigenvalue weighted by molar-refractivity contribution is 7.89. The molecule has 4 nitrogen and oxygen atoms in total. The SMILES string of the molecule is CCCCS(=O)(=O)NCc1cc(Cl)c(OC)cc1Cl. The Hall–Kier alpha value is -0.490. The van der Waals surface area contributed by atoms with Gasteiger partial charge in [-0.3, -0.25) is 0 Å². The van der Waals surface area contributed by atoms with Crippen LogP contribution in [0.2, 0.25) is 10.0 Å². The molecule has 0 heterocycles. The first kappa shape index (κ1) is 16.6. The predicted octanol–water partition coefficient (Wildman–Crippen LogP) is 3.22. The summed E-state index contributed by atoms with van der Waals surface area (Å²) in [4.78, 5) is 0. The van der Waals surface area contributed by atoms with Crippen molar-refractivity contribution in [1.29, 1.82) is 0 Å². The van der Waals surface area contributed by atoms with E-state index in [2.05, 4.69) is 4.72 Å². The quantitative estimate of drug-likeness (QED) is 0.837. The third-order valence-corrected chi connectivity index (χ3v) is 4.63. The molecule has 108 valence electrons. The van der Waals surface area contributed by atoms with Gasteiger partial charge in [0.05, 0.1) is 17.9 Å². The lowest BCUT2D eigenvalue weighted by molar-refractivity contribution is 0.415. The maximum absolute atomic E-state index is 11.7. The number of ether oxygens (including phenoxy) is 1. The summed E-state index contributed by atoms with van der Waals surface area (Å²) in [7, 11) is -1.78. The summed E-state index contributed by atoms with van der Waals surface area (Å²) in [5, 5.41) is 0.814. The molecule has 1 aromatic rings. The first-order chi connectivity index (χ1) is 8.89. The molecule has 1 N–H and O–H groups in total. The lowest BCUT2D eigenvalue weighted by atomic mass is 10.2. The number of rotatable bonds is 7. The highest BCUT2D eigenvalue weighted by Crippen LogP contribution is 2.30. The first-order valence-corrected chi connectivity index (χ1v) is 8.29. The molecular weight excluding hydrogens is 309 g/mol. The second-order valence-electron chi connectivity index (χ2n) is 4.07. The smallest absolute Gasteiger partial charge is 0.211 e. The highest BCUT2D eigenvalue weighted by atomic mass is 35.5. The third-order valence-electron chi connectivity index (χ3n) is 2.57. The summed E-state index contributed by atoms with van der Waals surface area (Å²) in [5.74, 6) is 0.578. The molecule has 1 aromatic carbocycles. The van der Waals surface area contributed by atoms with Gasteiger partial charge in [-0.15, -0.1) is 0 Å². The van der Waals surface area contributed by atoms with E-state index in [1.165, 1.54) is 7.11 Å². The van der Waals surface area contributed by atoms with Crippen molar-refractivity contribution in [3.05, 3.63) is 27.7 Å². The van der Waals surface area contributed by atoms with Crippen LogP contribution in [0.25, 0.3) is 0 Å². The van der Waals surface area contributed by atoms with Gasteiger partial charge in [0.1, 0.15) is 5.75 Å². The molecule has 0 saturated carbocycles. The number of hydrogen-bond acceptors (Lipinski definition) is 3. The summed E-state index contributed by atoms with van der Waals surface area (Å²) in [6.07, 6.45) is 1.46. The lowest BCUT2D eigenvalue weighted by Crippen LogP contribution is -2.26. The summed E-state index contributed by atoms with van der Waals surface area (Å²) in [5.41, 5.74) is 0.618. The second-order valence-corrected chi connectivity index (χ2v) is 6.81. The van der Waals surface area contributed by atoms with Crippen molar-refractivity contribution in [3.8, 4) is 5.75 Å². The minimum absolute atomic E-state index is 0.116. The first-order valence-electron chi connectivity index (χ1n) is 5.89. The van der Waals surface area contributed by atoms with E-state index in [9.17, 15) is 8.42 Å². The van der Waals surface area contributed by atoms with Crippen molar-refractivity contribution in [2.24, 2.45) is 0 Å². The van der Waals surface area contributed by atoms with Gasteiger partial charge in [0.15, 0.2) is 0 Å². The predicted molar refractivity (Wildman–Crippen MR) is 78.5 cm³/mol. The van der Waals surface area contributed by atoms with Crippen LogP contribution >= 0.6 is 23.2 Å². The van der Waals surface area contributed by atoms with E-state index in [-0.39, 0.29) is 12.3 Å². The van der Waals surface area contributed by atoms with Crippen LogP contribution in [-0.2, 0) is 16.6 Å². The van der Waals surface area contributed by atoms with Crippen LogP contribution in [0.4, 0.5) is 0 Å². The van der Waals surface area contributed by atoms with Gasteiger partial charge in [-0.25, -0.2) is 13.1 Å². The Labute approximate surface area is 124 Å². The minimum atomic E-state index is -3.27. The number of nitrogens with one attached hydrogen (secondary N) is 1. The van der Waals surface area contributed by atoms with Gasteiger partial charge < -0.3 is 4.74 Å². The van der Waals surface area contributed by atoms with Crippen molar-refractivity contribution in [2.75, 3.05) is 12.9 Å². The Bertz CT molecular complexity index is 532. The number of benzene rings is 1. The molecule has 0 aliphatic rings. The number of sulfonamides is 1. The van der Waals surface area contributed by atoms with Gasteiger partial charge in [-0.2, -0.15) is 0 Å². The van der Waals surface area contributed by atoms with Crippen LogP contribution in [0.3, 0.4) is 0 Å². The molecule has 0 aromatic heterocycles. The van der Waals surface area contributed by atoms with Gasteiger partial charge in [0.2, 0.25) is 10.0 Å². The number of unbranched alkanes of at least 4 members (excludes halogenated alkanes) is 1. The van der Waals surface area contributed by atoms with Gasteiger partial charge in [0.25, 0.3) is 0 Å². The van der Waals surface area contributed by atoms with Crippen LogP contribution in [0.15, 0.2) is 12.1 Å². The molecule has 0 amide bonds. The van der Waals surface area contributed by atoms with E-state index < -0.39 is 10.0 Å². The van der Waals surface area contributed by atoms with Gasteiger partial charge in [0, 0.05) is 17.6 Å². The molecule has 19 heavy (non-hydrogen) atoms. The number of hydrogen-bond donors (Lipinski definition) is 1. The standard InChI is InChI=1S/C12H17Cl2NO3S/c1-3-4-5-19(16,17)15-8-9-6-11(14)12(18-2)7-10(9)13/h6-7,15H,3-5,8H2,1-2H3. The molecule has 0 atom stereocenters. The van der Waals surface area contributed by atoms with Crippen LogP contribution < -0.4 is 9.46 Å². The maximum Gasteiger partial charge on any atom is 0.211 e. The van der Waals surface area contributed by atoms with Crippen LogP contribution in [-0.4, -0.2) is 21.3 Å². The fourth-order valence-electron chi connectivity index (χ4n) is 1.46. The van der Waals surface area contributed by atoms with Crippen LogP contribution in [0.1, 0.15) is 25.3 Å². The zero-order valence-electron chi connectivity index (χ0n) is 10.9. The Kier molecular flexibility index (Phi) is 6.39. The van der Waals surface area contributed by atoms with Gasteiger partial charge in [-0.05, 0) is 18.1 Å². The average molecular weight is 326 g/mol. The molecule has 0 aliphatic heterocycles. The zero-order valence-corrected chi connectivity index (χ0v) is 13.2. The fourth-order valence-corrected chi connectivity index (χ4v) is 3.13. The Morgan fingerprint density at radius 3 is 2.53 bits per heavy atom. The summed E-state index contributed by atoms with van der Waals surface area (Å²) in [6.45, 7) is 2.06. The highest BCUT2D eigenvalue weighted by Gasteiger charge is 2.12. The van der Waals surface area contributed by atoms with E-state index >= 15 is 0 Å². The topological polar surface area (TPSA) is 55.4 Å². The third kappa shape index (κ3) is 5.18. The monoisotopic (exact) mass is 325 g/mol. The molecular formula is C12H17Cl2NO3S. The number of methoxy groups -OCH3 is 1. The zero-order chi connectivity index (χ0) is 14.5. The van der Waals surface area contributed by atoms with E-state index in [1.807, 2.05) is 6.92 Å². The molecule has 1 rings (SSSR count). The molecule has 0 bridgehead atoms. The normalized spacial score (nSPS) is 11.6. The van der Waals surface area contributed by atoms with E-state index in [0.717, 1.165) is 6.42 Å². The maximum atomic E-state index is 11.7. The summed E-state index contributed by atoms with van der Waals surface area (Å²) < 4.78 is 30.9. The molecule has 0 spiro atoms. The number of halogens is 2. The van der Waals surface area contributed by atoms with Gasteiger partial charge in [-0.1, -0.05) is 36.5 Å². The fraction of sp³-hybridized carbons (Fsp3) is 0.500. The van der Waals surface area contributed by atoms with Crippen molar-refractivity contribution < 1.29 is 13.2 Å². The van der Waals surface area contributed by atoms with E-state index in [4.69, 9.17) is 27.9 Å². The van der Waals surface area contributed by atoms with Crippen molar-refractivity contribution in [2.45, 2.75) is 26.3 Å². The minimum Gasteiger partial charge on any atom is -0.495 e. The van der Waals surface area contributed by atoms with Crippen LogP contribution in [0.5, 0.6) is 5.75 Å². The van der Waals surface area contributed by atoms with Crippen LogP contribution in [0, 0.1) is 0 Å². The van der Waals surface area contributed by atoms with E-state index in [0.29, 0.717) is 27.8 Å². The largest absolute Gasteiger partial charge is 0.495 e. The average Bonchev–Trinajstić information content (AvgIpc) is 2.37. The van der Waals surface area contributed by atoms with Crippen molar-refractivity contribution >= 4 is 33.2 Å². The second kappa shape index (κ2) is 7.33. The summed E-state index contributed by atoms with van der Waals surface area (Å²) in [6, 6.07) is 3.17. The molecule has 0 saturated heterocycles.